The minimum absolute atomic E-state index is 0.116. The average Bonchev–Trinajstić information content (AvgIpc) is 2.83. The van der Waals surface area contributed by atoms with Gasteiger partial charge < -0.3 is 4.74 Å². The van der Waals surface area contributed by atoms with Crippen LogP contribution < -0.4 is 0 Å². The molecular formula is C13H21F2N3O2. The summed E-state index contributed by atoms with van der Waals surface area (Å²) >= 11 is 0. The molecule has 0 fully saturated rings. The molecule has 1 aromatic heterocycles. The summed E-state index contributed by atoms with van der Waals surface area (Å²) in [5.41, 5.74) is -0.825. The van der Waals surface area contributed by atoms with Gasteiger partial charge in [0.25, 0.3) is 6.43 Å². The highest BCUT2D eigenvalue weighted by atomic mass is 19.3. The fraction of sp³-hybridized carbons (Fsp3) is 0.769. The molecule has 20 heavy (non-hydrogen) atoms. The molecule has 0 aliphatic rings. The molecule has 0 N–H and O–H groups in total. The van der Waals surface area contributed by atoms with Crippen LogP contribution in [0.15, 0.2) is 0 Å². The average molecular weight is 289 g/mol. The van der Waals surface area contributed by atoms with Gasteiger partial charge in [-0.05, 0) is 13.3 Å². The lowest BCUT2D eigenvalue weighted by atomic mass is 10.1. The van der Waals surface area contributed by atoms with E-state index in [9.17, 15) is 13.6 Å². The summed E-state index contributed by atoms with van der Waals surface area (Å²) in [5.74, 6) is -0.847. The van der Waals surface area contributed by atoms with E-state index in [0.717, 1.165) is 36.8 Å². The lowest BCUT2D eigenvalue weighted by molar-refractivity contribution is 0.0506. The second kappa shape index (κ2) is 8.60. The van der Waals surface area contributed by atoms with Gasteiger partial charge in [0.2, 0.25) is 0 Å². The highest BCUT2D eigenvalue weighted by Crippen LogP contribution is 2.22. The number of aromatic nitrogens is 3. The SMILES string of the molecule is CCCCCCCn1nnc(C(=O)OCC)c1C(F)F. The molecule has 0 unspecified atom stereocenters. The van der Waals surface area contributed by atoms with E-state index in [1.54, 1.807) is 6.92 Å². The molecule has 0 radical (unpaired) electrons. The van der Waals surface area contributed by atoms with Crippen LogP contribution in [0.3, 0.4) is 0 Å². The number of aryl methyl sites for hydroxylation is 1. The number of halogens is 2. The van der Waals surface area contributed by atoms with Gasteiger partial charge in [0.15, 0.2) is 5.69 Å². The number of esters is 1. The van der Waals surface area contributed by atoms with Crippen molar-refractivity contribution in [2.24, 2.45) is 0 Å². The number of rotatable bonds is 9. The number of carbonyl (C=O) groups is 1. The first kappa shape index (κ1) is 16.5. The van der Waals surface area contributed by atoms with Gasteiger partial charge in [-0.25, -0.2) is 18.3 Å². The molecule has 0 aliphatic heterocycles. The number of ether oxygens (including phenoxy) is 1. The molecule has 0 saturated carbocycles. The zero-order chi connectivity index (χ0) is 15.0. The molecule has 5 nitrogen and oxygen atoms in total. The van der Waals surface area contributed by atoms with Crippen LogP contribution in [0.4, 0.5) is 8.78 Å². The van der Waals surface area contributed by atoms with Gasteiger partial charge >= 0.3 is 5.97 Å². The van der Waals surface area contributed by atoms with E-state index >= 15 is 0 Å². The Bertz CT molecular complexity index is 422. The molecule has 7 heteroatoms. The monoisotopic (exact) mass is 289 g/mol. The lowest BCUT2D eigenvalue weighted by Crippen LogP contribution is -2.11. The molecule has 1 rings (SSSR count). The molecule has 0 amide bonds. The van der Waals surface area contributed by atoms with Gasteiger partial charge in [0.1, 0.15) is 5.69 Å². The van der Waals surface area contributed by atoms with E-state index in [1.165, 1.54) is 0 Å². The maximum Gasteiger partial charge on any atom is 0.361 e. The zero-order valence-corrected chi connectivity index (χ0v) is 11.9. The lowest BCUT2D eigenvalue weighted by Gasteiger charge is -2.06. The Kier molecular flexibility index (Phi) is 7.11. The van der Waals surface area contributed by atoms with E-state index in [4.69, 9.17) is 4.74 Å². The van der Waals surface area contributed by atoms with Crippen LogP contribution in [0.25, 0.3) is 0 Å². The van der Waals surface area contributed by atoms with Crippen molar-refractivity contribution in [3.8, 4) is 0 Å². The van der Waals surface area contributed by atoms with Crippen molar-refractivity contribution in [2.75, 3.05) is 6.61 Å². The Morgan fingerprint density at radius 1 is 1.25 bits per heavy atom. The maximum absolute atomic E-state index is 13.0. The maximum atomic E-state index is 13.0. The summed E-state index contributed by atoms with van der Waals surface area (Å²) in [7, 11) is 0. The van der Waals surface area contributed by atoms with Crippen molar-refractivity contribution in [2.45, 2.75) is 58.9 Å². The van der Waals surface area contributed by atoms with Crippen LogP contribution in [-0.2, 0) is 11.3 Å². The summed E-state index contributed by atoms with van der Waals surface area (Å²) in [6.07, 6.45) is 2.22. The first-order chi connectivity index (χ1) is 9.61. The summed E-state index contributed by atoms with van der Waals surface area (Å²) < 4.78 is 31.9. The Hall–Kier alpha value is -1.53. The number of hydrogen-bond acceptors (Lipinski definition) is 4. The van der Waals surface area contributed by atoms with Crippen LogP contribution in [0.5, 0.6) is 0 Å². The molecule has 0 saturated heterocycles. The molecular weight excluding hydrogens is 268 g/mol. The highest BCUT2D eigenvalue weighted by Gasteiger charge is 2.27. The molecule has 114 valence electrons. The van der Waals surface area contributed by atoms with Crippen LogP contribution in [0, 0.1) is 0 Å². The normalized spacial score (nSPS) is 11.1. The summed E-state index contributed by atoms with van der Waals surface area (Å²) in [6, 6.07) is 0. The fourth-order valence-electron chi connectivity index (χ4n) is 1.91. The van der Waals surface area contributed by atoms with E-state index in [2.05, 4.69) is 17.2 Å². The third kappa shape index (κ3) is 4.54. The molecule has 0 aliphatic carbocycles. The molecule has 0 spiro atoms. The van der Waals surface area contributed by atoms with Crippen LogP contribution >= 0.6 is 0 Å². The second-order valence-electron chi connectivity index (χ2n) is 4.48. The highest BCUT2D eigenvalue weighted by molar-refractivity contribution is 5.88. The Morgan fingerprint density at radius 3 is 2.55 bits per heavy atom. The van der Waals surface area contributed by atoms with Crippen LogP contribution in [0.2, 0.25) is 0 Å². The fourth-order valence-corrected chi connectivity index (χ4v) is 1.91. The standard InChI is InChI=1S/C13H21F2N3O2/c1-3-5-6-7-8-9-18-11(12(14)15)10(16-17-18)13(19)20-4-2/h12H,3-9H2,1-2H3. The number of hydrogen-bond donors (Lipinski definition) is 0. The van der Waals surface area contributed by atoms with Gasteiger partial charge in [-0.15, -0.1) is 5.10 Å². The number of unbranched alkanes of at least 4 members (excludes halogenated alkanes) is 4. The topological polar surface area (TPSA) is 57.0 Å². The Labute approximate surface area is 117 Å². The summed E-state index contributed by atoms with van der Waals surface area (Å²) in [4.78, 5) is 11.5. The molecule has 1 aromatic rings. The van der Waals surface area contributed by atoms with Crippen molar-refractivity contribution in [3.05, 3.63) is 11.4 Å². The van der Waals surface area contributed by atoms with Gasteiger partial charge in [-0.2, -0.15) is 0 Å². The molecule has 0 atom stereocenters. The van der Waals surface area contributed by atoms with Crippen molar-refractivity contribution < 1.29 is 18.3 Å². The molecule has 1 heterocycles. The summed E-state index contributed by atoms with van der Waals surface area (Å²) in [6.45, 7) is 4.18. The van der Waals surface area contributed by atoms with Gasteiger partial charge in [-0.3, -0.25) is 0 Å². The third-order valence-corrected chi connectivity index (χ3v) is 2.92. The number of carbonyl (C=O) groups excluding carboxylic acids is 1. The van der Waals surface area contributed by atoms with Crippen molar-refractivity contribution in [1.82, 2.24) is 15.0 Å². The van der Waals surface area contributed by atoms with Crippen molar-refractivity contribution >= 4 is 5.97 Å². The number of alkyl halides is 2. The molecule has 0 aromatic carbocycles. The minimum atomic E-state index is -2.79. The van der Waals surface area contributed by atoms with Crippen molar-refractivity contribution in [1.29, 1.82) is 0 Å². The van der Waals surface area contributed by atoms with Crippen LogP contribution in [-0.4, -0.2) is 27.6 Å². The predicted molar refractivity (Wildman–Crippen MR) is 69.7 cm³/mol. The van der Waals surface area contributed by atoms with E-state index in [-0.39, 0.29) is 12.3 Å². The summed E-state index contributed by atoms with van der Waals surface area (Å²) in [5, 5.41) is 7.17. The van der Waals surface area contributed by atoms with Crippen molar-refractivity contribution in [3.63, 3.8) is 0 Å². The predicted octanol–water partition coefficient (Wildman–Crippen LogP) is 3.36. The Morgan fingerprint density at radius 2 is 1.95 bits per heavy atom. The molecule has 0 bridgehead atoms. The zero-order valence-electron chi connectivity index (χ0n) is 11.9. The number of nitrogens with zero attached hydrogens (tertiary/aromatic N) is 3. The van der Waals surface area contributed by atoms with Gasteiger partial charge in [-0.1, -0.05) is 37.8 Å². The second-order valence-corrected chi connectivity index (χ2v) is 4.48. The van der Waals surface area contributed by atoms with Gasteiger partial charge in [0.05, 0.1) is 6.61 Å². The largest absolute Gasteiger partial charge is 0.461 e. The first-order valence-electron chi connectivity index (χ1n) is 7.00. The quantitative estimate of drug-likeness (QED) is 0.516. The van der Waals surface area contributed by atoms with E-state index in [0.29, 0.717) is 6.54 Å². The minimum Gasteiger partial charge on any atom is -0.461 e. The van der Waals surface area contributed by atoms with E-state index in [1.807, 2.05) is 0 Å². The Balaban J connectivity index is 2.69. The van der Waals surface area contributed by atoms with Gasteiger partial charge in [0, 0.05) is 6.54 Å². The smallest absolute Gasteiger partial charge is 0.361 e. The first-order valence-corrected chi connectivity index (χ1v) is 7.00. The van der Waals surface area contributed by atoms with E-state index < -0.39 is 18.1 Å². The third-order valence-electron chi connectivity index (χ3n) is 2.92. The van der Waals surface area contributed by atoms with Crippen LogP contribution in [0.1, 0.15) is 68.6 Å².